The number of nitrogens with one attached hydrogen (secondary N) is 2. The molecule has 0 spiro atoms. The zero-order valence-corrected chi connectivity index (χ0v) is 16.6. The van der Waals surface area contributed by atoms with E-state index in [1.165, 1.54) is 18.2 Å². The third-order valence-corrected chi connectivity index (χ3v) is 5.22. The second-order valence-electron chi connectivity index (χ2n) is 7.15. The Morgan fingerprint density at radius 3 is 2.73 bits per heavy atom. The zero-order chi connectivity index (χ0) is 21.3. The number of aromatic nitrogens is 2. The molecule has 2 amide bonds. The minimum absolute atomic E-state index is 0.0135. The van der Waals surface area contributed by atoms with E-state index in [2.05, 4.69) is 15.6 Å². The Morgan fingerprint density at radius 1 is 1.30 bits per heavy atom. The number of imidazole rings is 1. The second kappa shape index (κ2) is 7.98. The van der Waals surface area contributed by atoms with Crippen LogP contribution in [0, 0.1) is 5.82 Å². The summed E-state index contributed by atoms with van der Waals surface area (Å²) in [6, 6.07) is 10.9. The van der Waals surface area contributed by atoms with Crippen molar-refractivity contribution in [2.75, 3.05) is 12.4 Å². The summed E-state index contributed by atoms with van der Waals surface area (Å²) in [6.45, 7) is 0. The molecule has 0 saturated carbocycles. The van der Waals surface area contributed by atoms with Crippen LogP contribution in [0.4, 0.5) is 10.1 Å². The van der Waals surface area contributed by atoms with Crippen LogP contribution in [-0.4, -0.2) is 28.5 Å². The van der Waals surface area contributed by atoms with Crippen molar-refractivity contribution in [3.05, 3.63) is 77.6 Å². The monoisotopic (exact) mass is 408 g/mol. The first-order valence-electron chi connectivity index (χ1n) is 9.47. The molecule has 2 unspecified atom stereocenters. The second-order valence-corrected chi connectivity index (χ2v) is 7.15. The summed E-state index contributed by atoms with van der Waals surface area (Å²) < 4.78 is 20.6. The molecule has 7 nitrogen and oxygen atoms in total. The van der Waals surface area contributed by atoms with Crippen molar-refractivity contribution < 1.29 is 18.7 Å². The van der Waals surface area contributed by atoms with Gasteiger partial charge in [0.1, 0.15) is 23.4 Å². The molecule has 154 valence electrons. The van der Waals surface area contributed by atoms with E-state index < -0.39 is 17.8 Å². The highest BCUT2D eigenvalue weighted by atomic mass is 19.1. The molecule has 2 atom stereocenters. The molecule has 0 aliphatic carbocycles. The standard InChI is InChI=1S/C22H21FN4O3/c1-27-10-9-24-21(27)20(13-3-6-15(30-2)7-4-13)26-22(29)17-12-19(28)25-18-11-14(23)5-8-16(17)18/h3-11,17,20H,12H2,1-2H3,(H,25,28)(H,26,29). The number of hydrogen-bond donors (Lipinski definition) is 2. The largest absolute Gasteiger partial charge is 0.497 e. The Hall–Kier alpha value is -3.68. The Labute approximate surface area is 172 Å². The highest BCUT2D eigenvalue weighted by Crippen LogP contribution is 2.34. The van der Waals surface area contributed by atoms with Gasteiger partial charge < -0.3 is 19.9 Å². The molecule has 0 bridgehead atoms. The molecule has 0 radical (unpaired) electrons. The molecule has 2 aromatic carbocycles. The van der Waals surface area contributed by atoms with Crippen LogP contribution in [0.5, 0.6) is 5.75 Å². The van der Waals surface area contributed by atoms with Gasteiger partial charge in [0.15, 0.2) is 0 Å². The van der Waals surface area contributed by atoms with Crippen molar-refractivity contribution >= 4 is 17.5 Å². The number of methoxy groups -OCH3 is 1. The predicted molar refractivity (Wildman–Crippen MR) is 109 cm³/mol. The van der Waals surface area contributed by atoms with E-state index >= 15 is 0 Å². The first-order valence-corrected chi connectivity index (χ1v) is 9.47. The minimum Gasteiger partial charge on any atom is -0.497 e. The van der Waals surface area contributed by atoms with Crippen LogP contribution < -0.4 is 15.4 Å². The summed E-state index contributed by atoms with van der Waals surface area (Å²) in [5.74, 6) is -0.515. The third kappa shape index (κ3) is 3.76. The first kappa shape index (κ1) is 19.6. The van der Waals surface area contributed by atoms with Crippen LogP contribution in [0.3, 0.4) is 0 Å². The number of anilines is 1. The molecule has 0 fully saturated rings. The van der Waals surface area contributed by atoms with E-state index in [0.717, 1.165) is 5.56 Å². The number of ether oxygens (including phenoxy) is 1. The third-order valence-electron chi connectivity index (χ3n) is 5.22. The average molecular weight is 408 g/mol. The predicted octanol–water partition coefficient (Wildman–Crippen LogP) is 2.90. The quantitative estimate of drug-likeness (QED) is 0.680. The van der Waals surface area contributed by atoms with Crippen LogP contribution in [0.25, 0.3) is 0 Å². The smallest absolute Gasteiger partial charge is 0.229 e. The Kier molecular flexibility index (Phi) is 5.22. The summed E-state index contributed by atoms with van der Waals surface area (Å²) in [5, 5.41) is 5.65. The van der Waals surface area contributed by atoms with Crippen molar-refractivity contribution in [1.82, 2.24) is 14.9 Å². The molecule has 1 aliphatic rings. The summed E-state index contributed by atoms with van der Waals surface area (Å²) in [7, 11) is 3.43. The van der Waals surface area contributed by atoms with Gasteiger partial charge in [0, 0.05) is 31.5 Å². The Bertz CT molecular complexity index is 1090. The highest BCUT2D eigenvalue weighted by molar-refractivity contribution is 6.01. The average Bonchev–Trinajstić information content (AvgIpc) is 3.16. The molecule has 1 aliphatic heterocycles. The number of carbonyl (C=O) groups is 2. The van der Waals surface area contributed by atoms with Crippen LogP contribution in [0.2, 0.25) is 0 Å². The van der Waals surface area contributed by atoms with Crippen molar-refractivity contribution in [1.29, 1.82) is 0 Å². The summed E-state index contributed by atoms with van der Waals surface area (Å²) in [6.07, 6.45) is 3.44. The maximum atomic E-state index is 13.6. The van der Waals surface area contributed by atoms with Crippen molar-refractivity contribution in [3.8, 4) is 5.75 Å². The van der Waals surface area contributed by atoms with E-state index in [1.54, 1.807) is 19.5 Å². The normalized spacial score (nSPS) is 16.4. The van der Waals surface area contributed by atoms with E-state index in [-0.39, 0.29) is 18.2 Å². The van der Waals surface area contributed by atoms with Crippen molar-refractivity contribution in [2.45, 2.75) is 18.4 Å². The van der Waals surface area contributed by atoms with E-state index in [9.17, 15) is 14.0 Å². The summed E-state index contributed by atoms with van der Waals surface area (Å²) in [5.41, 5.74) is 1.73. The van der Waals surface area contributed by atoms with Crippen LogP contribution in [0.1, 0.15) is 35.3 Å². The molecule has 2 N–H and O–H groups in total. The van der Waals surface area contributed by atoms with Crippen LogP contribution >= 0.6 is 0 Å². The number of nitrogens with zero attached hydrogens (tertiary/aromatic N) is 2. The number of fused-ring (bicyclic) bond motifs is 1. The van der Waals surface area contributed by atoms with Crippen molar-refractivity contribution in [3.63, 3.8) is 0 Å². The van der Waals surface area contributed by atoms with E-state index in [1.807, 2.05) is 35.9 Å². The molecule has 1 aromatic heterocycles. The first-order chi connectivity index (χ1) is 14.5. The van der Waals surface area contributed by atoms with Gasteiger partial charge in [-0.3, -0.25) is 9.59 Å². The number of carbonyl (C=O) groups excluding carboxylic acids is 2. The Balaban J connectivity index is 1.67. The SMILES string of the molecule is COc1ccc(C(NC(=O)C2CC(=O)Nc3cc(F)ccc32)c2nccn2C)cc1. The van der Waals surface area contributed by atoms with Gasteiger partial charge in [-0.25, -0.2) is 9.37 Å². The van der Waals surface area contributed by atoms with Crippen molar-refractivity contribution in [2.24, 2.45) is 7.05 Å². The maximum absolute atomic E-state index is 13.6. The number of benzene rings is 2. The topological polar surface area (TPSA) is 85.2 Å². The van der Waals surface area contributed by atoms with Gasteiger partial charge in [-0.2, -0.15) is 0 Å². The van der Waals surface area contributed by atoms with Gasteiger partial charge in [-0.1, -0.05) is 18.2 Å². The molecule has 2 heterocycles. The number of aryl methyl sites for hydroxylation is 1. The van der Waals surface area contributed by atoms with Gasteiger partial charge in [0.25, 0.3) is 0 Å². The van der Waals surface area contributed by atoms with Gasteiger partial charge in [0.05, 0.1) is 13.0 Å². The fourth-order valence-corrected chi connectivity index (χ4v) is 3.66. The minimum atomic E-state index is -0.727. The fourth-order valence-electron chi connectivity index (χ4n) is 3.66. The number of halogens is 1. The maximum Gasteiger partial charge on any atom is 0.229 e. The lowest BCUT2D eigenvalue weighted by Crippen LogP contribution is -2.38. The summed E-state index contributed by atoms with van der Waals surface area (Å²) in [4.78, 5) is 29.8. The molecule has 4 rings (SSSR count). The number of rotatable bonds is 5. The molecule has 8 heteroatoms. The lowest BCUT2D eigenvalue weighted by molar-refractivity contribution is -0.126. The van der Waals surface area contributed by atoms with Gasteiger partial charge in [-0.15, -0.1) is 0 Å². The Morgan fingerprint density at radius 2 is 2.07 bits per heavy atom. The van der Waals surface area contributed by atoms with E-state index in [0.29, 0.717) is 22.8 Å². The summed E-state index contributed by atoms with van der Waals surface area (Å²) >= 11 is 0. The van der Waals surface area contributed by atoms with Crippen LogP contribution in [-0.2, 0) is 16.6 Å². The molecule has 3 aromatic rings. The van der Waals surface area contributed by atoms with Gasteiger partial charge >= 0.3 is 0 Å². The molecular weight excluding hydrogens is 387 g/mol. The van der Waals surface area contributed by atoms with Gasteiger partial charge in [-0.05, 0) is 35.4 Å². The lowest BCUT2D eigenvalue weighted by Gasteiger charge is -2.27. The lowest BCUT2D eigenvalue weighted by atomic mass is 9.89. The molecule has 30 heavy (non-hydrogen) atoms. The molecule has 0 saturated heterocycles. The molecular formula is C22H21FN4O3. The number of hydrogen-bond acceptors (Lipinski definition) is 4. The van der Waals surface area contributed by atoms with Crippen LogP contribution in [0.15, 0.2) is 54.9 Å². The van der Waals surface area contributed by atoms with Gasteiger partial charge in [0.2, 0.25) is 11.8 Å². The number of amides is 2. The zero-order valence-electron chi connectivity index (χ0n) is 16.6. The fraction of sp³-hybridized carbons (Fsp3) is 0.227. The highest BCUT2D eigenvalue weighted by Gasteiger charge is 2.33. The van der Waals surface area contributed by atoms with E-state index in [4.69, 9.17) is 4.74 Å².